The highest BCUT2D eigenvalue weighted by molar-refractivity contribution is 5.96. The van der Waals surface area contributed by atoms with Gasteiger partial charge in [-0.05, 0) is 57.1 Å². The zero-order valence-electron chi connectivity index (χ0n) is 22.0. The highest BCUT2D eigenvalue weighted by Gasteiger charge is 2.61. The number of benzene rings is 1. The van der Waals surface area contributed by atoms with Crippen LogP contribution in [-0.2, 0) is 32.1 Å². The quantitative estimate of drug-likeness (QED) is 0.556. The minimum Gasteiger partial charge on any atom is -0.479 e. The minimum absolute atomic E-state index is 0.0966. The van der Waals surface area contributed by atoms with Gasteiger partial charge in [-0.1, -0.05) is 56.4 Å². The number of ether oxygens (including phenoxy) is 1. The maximum Gasteiger partial charge on any atom is 0.408 e. The van der Waals surface area contributed by atoms with E-state index in [1.165, 1.54) is 4.90 Å². The molecule has 4 rings (SSSR count). The fourth-order valence-electron chi connectivity index (χ4n) is 5.62. The van der Waals surface area contributed by atoms with Crippen LogP contribution in [0.15, 0.2) is 24.3 Å². The van der Waals surface area contributed by atoms with Gasteiger partial charge in [0.05, 0.1) is 0 Å². The molecule has 1 aromatic rings. The largest absolute Gasteiger partial charge is 0.479 e. The van der Waals surface area contributed by atoms with Crippen molar-refractivity contribution in [1.82, 2.24) is 15.5 Å². The van der Waals surface area contributed by atoms with Crippen LogP contribution in [0.2, 0.25) is 0 Å². The summed E-state index contributed by atoms with van der Waals surface area (Å²) >= 11 is 0. The second-order valence-electron chi connectivity index (χ2n) is 11.7. The van der Waals surface area contributed by atoms with Crippen molar-refractivity contribution in [2.24, 2.45) is 5.92 Å². The van der Waals surface area contributed by atoms with Crippen molar-refractivity contribution in [1.29, 1.82) is 0 Å². The second kappa shape index (κ2) is 10.7. The number of nitrogens with zero attached hydrogens (tertiary/aromatic N) is 1. The molecule has 1 aromatic carbocycles. The smallest absolute Gasteiger partial charge is 0.408 e. The molecule has 3 aliphatic rings. The number of carboxylic acid groups (broad SMARTS) is 1. The first-order chi connectivity index (χ1) is 17.5. The van der Waals surface area contributed by atoms with Crippen molar-refractivity contribution in [3.63, 3.8) is 0 Å². The van der Waals surface area contributed by atoms with E-state index in [9.17, 15) is 24.3 Å². The molecule has 1 saturated carbocycles. The van der Waals surface area contributed by atoms with Gasteiger partial charge in [-0.15, -0.1) is 0 Å². The monoisotopic (exact) mass is 513 g/mol. The van der Waals surface area contributed by atoms with E-state index < -0.39 is 41.2 Å². The Balaban J connectivity index is 1.64. The van der Waals surface area contributed by atoms with Gasteiger partial charge >= 0.3 is 12.1 Å². The van der Waals surface area contributed by atoms with Crippen molar-refractivity contribution < 1.29 is 29.0 Å². The normalized spacial score (nSPS) is 28.8. The van der Waals surface area contributed by atoms with E-state index in [1.54, 1.807) is 20.8 Å². The topological polar surface area (TPSA) is 125 Å². The van der Waals surface area contributed by atoms with E-state index in [0.29, 0.717) is 12.8 Å². The lowest BCUT2D eigenvalue weighted by atomic mass is 9.92. The van der Waals surface area contributed by atoms with Crippen LogP contribution in [0.5, 0.6) is 0 Å². The number of aliphatic carboxylic acids is 1. The summed E-state index contributed by atoms with van der Waals surface area (Å²) in [7, 11) is 0. The molecule has 1 unspecified atom stereocenters. The standard InChI is InChI=1S/C28H39N3O6/c1-27(2,3)37-26(36)29-21-14-8-6-4-5-7-13-20-16-28(20,25(34)35)30-23(32)22-15-18-11-9-10-12-19(18)17-31(22)24(21)33/h9-12,20-22H,4-8,13-17H2,1-3H3,(H,29,36)(H,30,32)(H,34,35)/t20-,21+,22?,28-/m1/s1. The summed E-state index contributed by atoms with van der Waals surface area (Å²) in [5.41, 5.74) is -0.0910. The summed E-state index contributed by atoms with van der Waals surface area (Å²) in [6, 6.07) is 5.93. The molecule has 4 atom stereocenters. The Morgan fingerprint density at radius 1 is 1.05 bits per heavy atom. The lowest BCUT2D eigenvalue weighted by Gasteiger charge is -2.38. The van der Waals surface area contributed by atoms with Crippen molar-refractivity contribution >= 4 is 23.9 Å². The number of carbonyl (C=O) groups is 4. The minimum atomic E-state index is -1.27. The Morgan fingerprint density at radius 2 is 1.70 bits per heavy atom. The van der Waals surface area contributed by atoms with E-state index in [-0.39, 0.29) is 24.8 Å². The van der Waals surface area contributed by atoms with E-state index in [0.717, 1.165) is 49.7 Å². The number of rotatable bonds is 2. The molecule has 2 heterocycles. The number of carbonyl (C=O) groups excluding carboxylic acids is 3. The van der Waals surface area contributed by atoms with Gasteiger partial charge < -0.3 is 25.4 Å². The van der Waals surface area contributed by atoms with Crippen LogP contribution >= 0.6 is 0 Å². The summed E-state index contributed by atoms with van der Waals surface area (Å²) in [6.45, 7) is 5.49. The third kappa shape index (κ3) is 6.25. The number of hydrogen-bond acceptors (Lipinski definition) is 5. The third-order valence-corrected chi connectivity index (χ3v) is 7.70. The molecule has 3 amide bonds. The van der Waals surface area contributed by atoms with Crippen molar-refractivity contribution in [2.75, 3.05) is 0 Å². The van der Waals surface area contributed by atoms with Gasteiger partial charge in [0.2, 0.25) is 11.8 Å². The van der Waals surface area contributed by atoms with Crippen molar-refractivity contribution in [3.8, 4) is 0 Å². The highest BCUT2D eigenvalue weighted by Crippen LogP contribution is 2.47. The first-order valence-corrected chi connectivity index (χ1v) is 13.4. The SMILES string of the molecule is CC(C)(C)OC(=O)N[C@H]1CCCCCCC[C@@H]2C[C@@]2(C(=O)O)NC(=O)C2Cc3ccccc3CN2C1=O. The van der Waals surface area contributed by atoms with Gasteiger partial charge in [0.25, 0.3) is 0 Å². The number of alkyl carbamates (subject to hydrolysis) is 1. The average Bonchev–Trinajstić information content (AvgIpc) is 3.53. The van der Waals surface area contributed by atoms with Gasteiger partial charge in [-0.3, -0.25) is 9.59 Å². The molecule has 37 heavy (non-hydrogen) atoms. The molecule has 1 aliphatic carbocycles. The zero-order valence-corrected chi connectivity index (χ0v) is 22.0. The molecule has 1 saturated heterocycles. The summed E-state index contributed by atoms with van der Waals surface area (Å²) in [4.78, 5) is 53.9. The highest BCUT2D eigenvalue weighted by atomic mass is 16.6. The predicted molar refractivity (Wildman–Crippen MR) is 137 cm³/mol. The Labute approximate surface area is 218 Å². The summed E-state index contributed by atoms with van der Waals surface area (Å²) < 4.78 is 5.42. The van der Waals surface area contributed by atoms with Gasteiger partial charge in [-0.2, -0.15) is 0 Å². The maximum absolute atomic E-state index is 13.9. The Bertz CT molecular complexity index is 1050. The zero-order chi connectivity index (χ0) is 26.8. The van der Waals surface area contributed by atoms with Crippen LogP contribution in [0.25, 0.3) is 0 Å². The first-order valence-electron chi connectivity index (χ1n) is 13.4. The van der Waals surface area contributed by atoms with Crippen LogP contribution < -0.4 is 10.6 Å². The molecule has 202 valence electrons. The van der Waals surface area contributed by atoms with Crippen molar-refractivity contribution in [2.45, 2.75) is 108 Å². The van der Waals surface area contributed by atoms with Crippen LogP contribution in [0, 0.1) is 5.92 Å². The second-order valence-corrected chi connectivity index (χ2v) is 11.7. The van der Waals surface area contributed by atoms with Crippen LogP contribution in [0.3, 0.4) is 0 Å². The molecule has 2 fully saturated rings. The molecule has 0 spiro atoms. The predicted octanol–water partition coefficient (Wildman–Crippen LogP) is 3.54. The lowest BCUT2D eigenvalue weighted by molar-refractivity contribution is -0.147. The number of hydrogen-bond donors (Lipinski definition) is 3. The van der Waals surface area contributed by atoms with Gasteiger partial charge in [0.15, 0.2) is 0 Å². The first kappa shape index (κ1) is 26.9. The number of amides is 3. The number of nitrogens with one attached hydrogen (secondary N) is 2. The third-order valence-electron chi connectivity index (χ3n) is 7.70. The molecule has 0 bridgehead atoms. The molecule has 3 N–H and O–H groups in total. The fraction of sp³-hybridized carbons (Fsp3) is 0.643. The Hall–Kier alpha value is -3.10. The van der Waals surface area contributed by atoms with Crippen LogP contribution in [-0.4, -0.2) is 57.1 Å². The Kier molecular flexibility index (Phi) is 7.80. The van der Waals surface area contributed by atoms with Gasteiger partial charge in [-0.25, -0.2) is 9.59 Å². The molecule has 0 radical (unpaired) electrons. The molecule has 9 nitrogen and oxygen atoms in total. The van der Waals surface area contributed by atoms with Crippen LogP contribution in [0.4, 0.5) is 4.79 Å². The summed E-state index contributed by atoms with van der Waals surface area (Å²) in [5.74, 6) is -1.93. The van der Waals surface area contributed by atoms with E-state index in [1.807, 2.05) is 24.3 Å². The molecule has 0 aromatic heterocycles. The summed E-state index contributed by atoms with van der Waals surface area (Å²) in [5, 5.41) is 15.6. The van der Waals surface area contributed by atoms with Crippen molar-refractivity contribution in [3.05, 3.63) is 35.4 Å². The average molecular weight is 514 g/mol. The van der Waals surface area contributed by atoms with E-state index in [4.69, 9.17) is 4.74 Å². The lowest BCUT2D eigenvalue weighted by Crippen LogP contribution is -2.60. The van der Waals surface area contributed by atoms with Gasteiger partial charge in [0.1, 0.15) is 23.2 Å². The fourth-order valence-corrected chi connectivity index (χ4v) is 5.62. The van der Waals surface area contributed by atoms with Gasteiger partial charge in [0, 0.05) is 13.0 Å². The number of carboxylic acids is 1. The van der Waals surface area contributed by atoms with E-state index >= 15 is 0 Å². The molecule has 2 aliphatic heterocycles. The number of fused-ring (bicyclic) bond motifs is 3. The Morgan fingerprint density at radius 3 is 2.38 bits per heavy atom. The molecule has 9 heteroatoms. The maximum atomic E-state index is 13.9. The van der Waals surface area contributed by atoms with E-state index in [2.05, 4.69) is 10.6 Å². The molecular weight excluding hydrogens is 474 g/mol. The molecular formula is C28H39N3O6. The van der Waals surface area contributed by atoms with Crippen LogP contribution in [0.1, 0.15) is 83.3 Å². The summed E-state index contributed by atoms with van der Waals surface area (Å²) in [6.07, 6.45) is 5.69.